The molecule has 0 aliphatic carbocycles. The number of carbonyl (C=O) groups excluding carboxylic acids is 1. The summed E-state index contributed by atoms with van der Waals surface area (Å²) in [5, 5.41) is 8.80. The fourth-order valence-corrected chi connectivity index (χ4v) is 1.35. The number of aryl methyl sites for hydroxylation is 1. The van der Waals surface area contributed by atoms with Crippen LogP contribution >= 0.6 is 0 Å². The van der Waals surface area contributed by atoms with Crippen molar-refractivity contribution in [1.29, 1.82) is 0 Å². The largest absolute Gasteiger partial charge is 0.337 e. The van der Waals surface area contributed by atoms with Crippen molar-refractivity contribution < 1.29 is 4.79 Å². The van der Waals surface area contributed by atoms with Crippen molar-refractivity contribution in [2.45, 2.75) is 26.8 Å². The zero-order chi connectivity index (χ0) is 12.7. The molecule has 1 aromatic carbocycles. The predicted octanol–water partition coefficient (Wildman–Crippen LogP) is 2.11. The van der Waals surface area contributed by atoms with E-state index < -0.39 is 0 Å². The third-order valence-corrected chi connectivity index (χ3v) is 2.27. The highest BCUT2D eigenvalue weighted by Gasteiger charge is 2.00. The number of rotatable bonds is 5. The molecular weight excluding hydrogens is 214 g/mol. The molecule has 0 aliphatic rings. The second kappa shape index (κ2) is 6.91. The van der Waals surface area contributed by atoms with Crippen LogP contribution in [-0.4, -0.2) is 25.2 Å². The van der Waals surface area contributed by atoms with Crippen molar-refractivity contribution in [1.82, 2.24) is 10.6 Å². The molecule has 0 radical (unpaired) electrons. The molecular formula is C13H21N3O. The van der Waals surface area contributed by atoms with E-state index in [0.29, 0.717) is 12.6 Å². The minimum absolute atomic E-state index is 0.167. The monoisotopic (exact) mass is 235 g/mol. The van der Waals surface area contributed by atoms with E-state index in [1.165, 1.54) is 5.56 Å². The first-order valence-corrected chi connectivity index (χ1v) is 5.93. The Hall–Kier alpha value is -1.55. The van der Waals surface area contributed by atoms with Crippen LogP contribution < -0.4 is 16.0 Å². The van der Waals surface area contributed by atoms with Gasteiger partial charge in [0.25, 0.3) is 0 Å². The Morgan fingerprint density at radius 1 is 1.18 bits per heavy atom. The van der Waals surface area contributed by atoms with E-state index in [-0.39, 0.29) is 6.03 Å². The molecule has 4 nitrogen and oxygen atoms in total. The molecule has 0 spiro atoms. The molecule has 0 unspecified atom stereocenters. The highest BCUT2D eigenvalue weighted by molar-refractivity contribution is 5.89. The van der Waals surface area contributed by atoms with Gasteiger partial charge in [0.2, 0.25) is 0 Å². The van der Waals surface area contributed by atoms with E-state index in [9.17, 15) is 4.79 Å². The number of nitrogens with one attached hydrogen (secondary N) is 3. The molecule has 0 fully saturated rings. The molecule has 0 aliphatic heterocycles. The molecule has 4 heteroatoms. The van der Waals surface area contributed by atoms with E-state index in [0.717, 1.165) is 12.2 Å². The molecule has 0 saturated carbocycles. The second-order valence-corrected chi connectivity index (χ2v) is 4.36. The number of urea groups is 1. The smallest absolute Gasteiger partial charge is 0.319 e. The van der Waals surface area contributed by atoms with Gasteiger partial charge in [0.1, 0.15) is 0 Å². The normalized spacial score (nSPS) is 10.4. The van der Waals surface area contributed by atoms with E-state index in [2.05, 4.69) is 29.8 Å². The summed E-state index contributed by atoms with van der Waals surface area (Å²) in [6.07, 6.45) is 0. The van der Waals surface area contributed by atoms with E-state index in [4.69, 9.17) is 0 Å². The lowest BCUT2D eigenvalue weighted by atomic mass is 10.2. The van der Waals surface area contributed by atoms with Crippen LogP contribution in [0, 0.1) is 6.92 Å². The van der Waals surface area contributed by atoms with Crippen molar-refractivity contribution in [3.63, 3.8) is 0 Å². The van der Waals surface area contributed by atoms with Gasteiger partial charge >= 0.3 is 6.03 Å². The molecule has 0 aromatic heterocycles. The van der Waals surface area contributed by atoms with Crippen molar-refractivity contribution in [3.05, 3.63) is 29.8 Å². The van der Waals surface area contributed by atoms with Gasteiger partial charge < -0.3 is 16.0 Å². The van der Waals surface area contributed by atoms with Gasteiger partial charge in [0, 0.05) is 24.8 Å². The van der Waals surface area contributed by atoms with Crippen molar-refractivity contribution in [2.75, 3.05) is 18.4 Å². The lowest BCUT2D eigenvalue weighted by molar-refractivity contribution is 0.252. The maximum Gasteiger partial charge on any atom is 0.319 e. The van der Waals surface area contributed by atoms with Gasteiger partial charge in [-0.1, -0.05) is 31.5 Å². The van der Waals surface area contributed by atoms with Crippen LogP contribution in [0.2, 0.25) is 0 Å². The van der Waals surface area contributed by atoms with Crippen LogP contribution in [0.5, 0.6) is 0 Å². The summed E-state index contributed by atoms with van der Waals surface area (Å²) in [5.41, 5.74) is 1.99. The van der Waals surface area contributed by atoms with Crippen molar-refractivity contribution in [2.24, 2.45) is 0 Å². The van der Waals surface area contributed by atoms with Gasteiger partial charge in [-0.15, -0.1) is 0 Å². The Morgan fingerprint density at radius 3 is 2.41 bits per heavy atom. The summed E-state index contributed by atoms with van der Waals surface area (Å²) >= 11 is 0. The first kappa shape index (κ1) is 13.5. The zero-order valence-corrected chi connectivity index (χ0v) is 10.7. The lowest BCUT2D eigenvalue weighted by Crippen LogP contribution is -2.36. The Balaban J connectivity index is 2.23. The lowest BCUT2D eigenvalue weighted by Gasteiger charge is -2.10. The predicted molar refractivity (Wildman–Crippen MR) is 71.3 cm³/mol. The minimum Gasteiger partial charge on any atom is -0.337 e. The quantitative estimate of drug-likeness (QED) is 0.685. The summed E-state index contributed by atoms with van der Waals surface area (Å²) in [7, 11) is 0. The highest BCUT2D eigenvalue weighted by atomic mass is 16.2. The number of amides is 2. The molecule has 0 heterocycles. The van der Waals surface area contributed by atoms with Crippen LogP contribution in [0.4, 0.5) is 10.5 Å². The van der Waals surface area contributed by atoms with Crippen LogP contribution in [0.3, 0.4) is 0 Å². The number of hydrogen-bond donors (Lipinski definition) is 3. The molecule has 1 aromatic rings. The Kier molecular flexibility index (Phi) is 5.49. The number of benzene rings is 1. The average molecular weight is 235 g/mol. The van der Waals surface area contributed by atoms with E-state index >= 15 is 0 Å². The van der Waals surface area contributed by atoms with Gasteiger partial charge in [-0.05, 0) is 19.1 Å². The summed E-state index contributed by atoms with van der Waals surface area (Å²) in [6, 6.07) is 7.99. The van der Waals surface area contributed by atoms with Gasteiger partial charge in [-0.25, -0.2) is 4.79 Å². The van der Waals surface area contributed by atoms with E-state index in [1.54, 1.807) is 0 Å². The van der Waals surface area contributed by atoms with Gasteiger partial charge in [0.05, 0.1) is 0 Å². The van der Waals surface area contributed by atoms with Crippen LogP contribution in [0.25, 0.3) is 0 Å². The number of carbonyl (C=O) groups is 1. The van der Waals surface area contributed by atoms with Crippen LogP contribution in [-0.2, 0) is 0 Å². The van der Waals surface area contributed by atoms with Gasteiger partial charge in [-0.3, -0.25) is 0 Å². The summed E-state index contributed by atoms with van der Waals surface area (Å²) < 4.78 is 0. The zero-order valence-electron chi connectivity index (χ0n) is 10.7. The Morgan fingerprint density at radius 2 is 1.82 bits per heavy atom. The summed E-state index contributed by atoms with van der Waals surface area (Å²) in [4.78, 5) is 11.5. The average Bonchev–Trinajstić information content (AvgIpc) is 2.27. The van der Waals surface area contributed by atoms with Gasteiger partial charge in [0.15, 0.2) is 0 Å². The highest BCUT2D eigenvalue weighted by Crippen LogP contribution is 2.07. The molecule has 0 saturated heterocycles. The molecule has 0 bridgehead atoms. The maximum atomic E-state index is 11.5. The van der Waals surface area contributed by atoms with Crippen LogP contribution in [0.1, 0.15) is 19.4 Å². The van der Waals surface area contributed by atoms with E-state index in [1.807, 2.05) is 31.2 Å². The molecule has 94 valence electrons. The minimum atomic E-state index is -0.167. The summed E-state index contributed by atoms with van der Waals surface area (Å²) in [5.74, 6) is 0. The third kappa shape index (κ3) is 5.92. The Bertz CT molecular complexity index is 346. The molecule has 17 heavy (non-hydrogen) atoms. The SMILES string of the molecule is Cc1ccc(NC(=O)NCCNC(C)C)cc1. The topological polar surface area (TPSA) is 53.2 Å². The molecule has 1 rings (SSSR count). The van der Waals surface area contributed by atoms with Gasteiger partial charge in [-0.2, -0.15) is 0 Å². The third-order valence-electron chi connectivity index (χ3n) is 2.27. The molecule has 0 atom stereocenters. The van der Waals surface area contributed by atoms with Crippen LogP contribution in [0.15, 0.2) is 24.3 Å². The molecule has 2 amide bonds. The fraction of sp³-hybridized carbons (Fsp3) is 0.462. The van der Waals surface area contributed by atoms with Crippen molar-refractivity contribution in [3.8, 4) is 0 Å². The number of anilines is 1. The maximum absolute atomic E-state index is 11.5. The fourth-order valence-electron chi connectivity index (χ4n) is 1.35. The summed E-state index contributed by atoms with van der Waals surface area (Å²) in [6.45, 7) is 7.56. The number of hydrogen-bond acceptors (Lipinski definition) is 2. The second-order valence-electron chi connectivity index (χ2n) is 4.36. The Labute approximate surface area is 103 Å². The van der Waals surface area contributed by atoms with Crippen molar-refractivity contribution >= 4 is 11.7 Å². The standard InChI is InChI=1S/C13H21N3O/c1-10(2)14-8-9-15-13(17)16-12-6-4-11(3)5-7-12/h4-7,10,14H,8-9H2,1-3H3,(H2,15,16,17). The first-order valence-electron chi connectivity index (χ1n) is 5.93. The first-order chi connectivity index (χ1) is 8.08. The molecule has 3 N–H and O–H groups in total.